The first kappa shape index (κ1) is 35.7. The summed E-state index contributed by atoms with van der Waals surface area (Å²) < 4.78 is 27.1. The lowest BCUT2D eigenvalue weighted by molar-refractivity contribution is -0.144. The lowest BCUT2D eigenvalue weighted by atomic mass is 9.85. The average molecular weight is 636 g/mol. The van der Waals surface area contributed by atoms with Crippen LogP contribution in [-0.2, 0) is 25.6 Å². The molecule has 13 heteroatoms. The topological polar surface area (TPSA) is 157 Å². The van der Waals surface area contributed by atoms with Gasteiger partial charge >= 0.3 is 12.0 Å². The van der Waals surface area contributed by atoms with Gasteiger partial charge in [0.1, 0.15) is 24.2 Å². The first-order valence-corrected chi connectivity index (χ1v) is 15.4. The van der Waals surface area contributed by atoms with E-state index in [2.05, 4.69) is 21.3 Å². The van der Waals surface area contributed by atoms with Crippen molar-refractivity contribution in [2.24, 2.45) is 28.6 Å². The van der Waals surface area contributed by atoms with Crippen molar-refractivity contribution in [3.05, 3.63) is 35.9 Å². The number of alkyl halides is 2. The zero-order valence-corrected chi connectivity index (χ0v) is 27.0. The van der Waals surface area contributed by atoms with E-state index in [-0.39, 0.29) is 30.3 Å². The number of nitrogens with one attached hydrogen (secondary N) is 4. The average Bonchev–Trinajstić information content (AvgIpc) is 3.25. The summed E-state index contributed by atoms with van der Waals surface area (Å²) in [5.74, 6) is -3.98. The van der Waals surface area contributed by atoms with Crippen LogP contribution >= 0.6 is 0 Å². The van der Waals surface area contributed by atoms with Gasteiger partial charge in [-0.2, -0.15) is 0 Å². The summed E-state index contributed by atoms with van der Waals surface area (Å²) in [5, 5.41) is 19.6. The maximum absolute atomic E-state index is 14.0. The molecule has 2 aliphatic rings. The zero-order chi connectivity index (χ0) is 33.9. The number of carboxylic acid groups (broad SMARTS) is 1. The molecule has 0 spiro atoms. The predicted molar refractivity (Wildman–Crippen MR) is 163 cm³/mol. The largest absolute Gasteiger partial charge is 0.480 e. The molecule has 2 fully saturated rings. The molecule has 1 aliphatic heterocycles. The molecule has 3 rings (SSSR count). The molecule has 5 N–H and O–H groups in total. The number of hydrogen-bond acceptors (Lipinski definition) is 5. The monoisotopic (exact) mass is 635 g/mol. The quantitative estimate of drug-likeness (QED) is 0.224. The van der Waals surface area contributed by atoms with E-state index in [9.17, 15) is 37.9 Å². The second-order valence-electron chi connectivity index (χ2n) is 14.1. The summed E-state index contributed by atoms with van der Waals surface area (Å²) in [7, 11) is 0. The summed E-state index contributed by atoms with van der Waals surface area (Å²) in [6.45, 7) is 12.8. The molecule has 250 valence electrons. The van der Waals surface area contributed by atoms with Crippen LogP contribution in [0.4, 0.5) is 13.6 Å². The Labute approximate surface area is 263 Å². The van der Waals surface area contributed by atoms with Crippen molar-refractivity contribution in [3.8, 4) is 0 Å². The molecule has 1 aromatic carbocycles. The molecule has 1 aliphatic carbocycles. The van der Waals surface area contributed by atoms with E-state index in [0.29, 0.717) is 6.42 Å². The number of amides is 5. The SMILES string of the molecule is CC(C)[C@H](NC(=O)N[C@H](C(=O)N1C[C@H]2[C@@H]([C@H]1C(=O)NC(CC(F)F)C(=O)NCCc1ccccc1)C2(C)C)C(C)(C)C)C(=O)O. The van der Waals surface area contributed by atoms with Crippen LogP contribution in [0.15, 0.2) is 30.3 Å². The van der Waals surface area contributed by atoms with Crippen molar-refractivity contribution in [1.82, 2.24) is 26.2 Å². The third-order valence-electron chi connectivity index (χ3n) is 8.97. The van der Waals surface area contributed by atoms with E-state index in [1.54, 1.807) is 34.6 Å². The number of hydrogen-bond donors (Lipinski definition) is 5. The molecule has 1 aromatic rings. The van der Waals surface area contributed by atoms with Crippen molar-refractivity contribution in [2.75, 3.05) is 13.1 Å². The number of fused-ring (bicyclic) bond motifs is 1. The molecular weight excluding hydrogens is 588 g/mol. The maximum Gasteiger partial charge on any atom is 0.326 e. The van der Waals surface area contributed by atoms with Gasteiger partial charge in [0.15, 0.2) is 0 Å². The minimum absolute atomic E-state index is 0.0442. The number of likely N-dealkylation sites (tertiary alicyclic amines) is 1. The summed E-state index contributed by atoms with van der Waals surface area (Å²) in [5.41, 5.74) is -0.193. The first-order valence-electron chi connectivity index (χ1n) is 15.4. The van der Waals surface area contributed by atoms with Crippen LogP contribution in [0.2, 0.25) is 0 Å². The lowest BCUT2D eigenvalue weighted by Crippen LogP contribution is -2.62. The van der Waals surface area contributed by atoms with Crippen LogP contribution in [0, 0.1) is 28.6 Å². The Kier molecular flexibility index (Phi) is 11.2. The number of carbonyl (C=O) groups excluding carboxylic acids is 4. The Morgan fingerprint density at radius 2 is 1.64 bits per heavy atom. The third-order valence-corrected chi connectivity index (χ3v) is 8.97. The number of nitrogens with zero attached hydrogens (tertiary/aromatic N) is 1. The highest BCUT2D eigenvalue weighted by atomic mass is 19.3. The van der Waals surface area contributed by atoms with Crippen LogP contribution in [0.1, 0.15) is 60.5 Å². The maximum atomic E-state index is 14.0. The Morgan fingerprint density at radius 1 is 1.02 bits per heavy atom. The van der Waals surface area contributed by atoms with Gasteiger partial charge in [0.05, 0.1) is 0 Å². The van der Waals surface area contributed by atoms with Crippen LogP contribution in [0.5, 0.6) is 0 Å². The van der Waals surface area contributed by atoms with E-state index >= 15 is 0 Å². The molecule has 1 saturated heterocycles. The molecule has 0 radical (unpaired) electrons. The Hall–Kier alpha value is -3.77. The van der Waals surface area contributed by atoms with Gasteiger partial charge in [-0.3, -0.25) is 14.4 Å². The second kappa shape index (κ2) is 14.1. The molecule has 1 unspecified atom stereocenters. The summed E-state index contributed by atoms with van der Waals surface area (Å²) in [6.07, 6.45) is -3.28. The normalized spacial score (nSPS) is 22.2. The summed E-state index contributed by atoms with van der Waals surface area (Å²) >= 11 is 0. The van der Waals surface area contributed by atoms with Crippen molar-refractivity contribution in [1.29, 1.82) is 0 Å². The number of aliphatic carboxylic acids is 1. The van der Waals surface area contributed by atoms with E-state index in [1.807, 2.05) is 44.2 Å². The molecule has 5 amide bonds. The van der Waals surface area contributed by atoms with Crippen LogP contribution < -0.4 is 21.3 Å². The minimum Gasteiger partial charge on any atom is -0.480 e. The molecule has 6 atom stereocenters. The van der Waals surface area contributed by atoms with Crippen molar-refractivity contribution < 1.29 is 37.9 Å². The number of carbonyl (C=O) groups is 5. The number of halogens is 2. The van der Waals surface area contributed by atoms with Crippen molar-refractivity contribution in [3.63, 3.8) is 0 Å². The number of urea groups is 1. The van der Waals surface area contributed by atoms with Crippen molar-refractivity contribution in [2.45, 2.75) is 91.9 Å². The highest BCUT2D eigenvalue weighted by molar-refractivity contribution is 5.96. The molecule has 0 bridgehead atoms. The fourth-order valence-corrected chi connectivity index (χ4v) is 6.22. The van der Waals surface area contributed by atoms with Gasteiger partial charge in [-0.25, -0.2) is 18.4 Å². The Bertz CT molecular complexity index is 1250. The minimum atomic E-state index is -2.87. The van der Waals surface area contributed by atoms with Gasteiger partial charge in [-0.05, 0) is 40.6 Å². The molecule has 1 heterocycles. The van der Waals surface area contributed by atoms with Crippen LogP contribution in [0.3, 0.4) is 0 Å². The molecule has 45 heavy (non-hydrogen) atoms. The fraction of sp³-hybridized carbons (Fsp3) is 0.656. The summed E-state index contributed by atoms with van der Waals surface area (Å²) in [6, 6.07) is 3.56. The van der Waals surface area contributed by atoms with Gasteiger partial charge in [0.25, 0.3) is 0 Å². The third kappa shape index (κ3) is 8.70. The summed E-state index contributed by atoms with van der Waals surface area (Å²) in [4.78, 5) is 66.6. The van der Waals surface area contributed by atoms with Gasteiger partial charge in [0, 0.05) is 19.5 Å². The number of benzene rings is 1. The highest BCUT2D eigenvalue weighted by Gasteiger charge is 2.70. The van der Waals surface area contributed by atoms with Crippen LogP contribution in [-0.4, -0.2) is 83.4 Å². The standard InChI is InChI=1S/C32H47F2N5O6/c1-17(2)23(29(43)44)37-30(45)38-25(31(3,4)5)28(42)39-16-19-22(32(19,6)7)24(39)27(41)36-20(15-21(33)34)26(40)35-14-13-18-11-9-8-10-12-18/h8-12,17,19-25H,13-16H2,1-7H3,(H,35,40)(H,36,41)(H,43,44)(H2,37,38,45)/t19-,20?,22-,23-,24-,25+/m0/s1. The zero-order valence-electron chi connectivity index (χ0n) is 27.0. The lowest BCUT2D eigenvalue weighted by Gasteiger charge is -2.38. The Balaban J connectivity index is 1.78. The van der Waals surface area contributed by atoms with E-state index in [4.69, 9.17) is 0 Å². The van der Waals surface area contributed by atoms with Gasteiger partial charge < -0.3 is 31.3 Å². The van der Waals surface area contributed by atoms with Gasteiger partial charge in [0.2, 0.25) is 24.1 Å². The number of rotatable bonds is 13. The first-order chi connectivity index (χ1) is 20.9. The Morgan fingerprint density at radius 3 is 2.18 bits per heavy atom. The van der Waals surface area contributed by atoms with E-state index in [0.717, 1.165) is 5.56 Å². The predicted octanol–water partition coefficient (Wildman–Crippen LogP) is 2.79. The van der Waals surface area contributed by atoms with Gasteiger partial charge in [-0.15, -0.1) is 0 Å². The number of carboxylic acids is 1. The molecule has 11 nitrogen and oxygen atoms in total. The molecule has 1 saturated carbocycles. The molecule has 0 aromatic heterocycles. The molecular formula is C32H47F2N5O6. The van der Waals surface area contributed by atoms with Crippen LogP contribution in [0.25, 0.3) is 0 Å². The van der Waals surface area contributed by atoms with Gasteiger partial charge in [-0.1, -0.05) is 78.8 Å². The smallest absolute Gasteiger partial charge is 0.326 e. The van der Waals surface area contributed by atoms with E-state index in [1.165, 1.54) is 4.90 Å². The fourth-order valence-electron chi connectivity index (χ4n) is 6.22. The van der Waals surface area contributed by atoms with E-state index < -0.39 is 78.1 Å². The number of piperidine rings is 1. The van der Waals surface area contributed by atoms with Crippen molar-refractivity contribution >= 4 is 29.7 Å². The highest BCUT2D eigenvalue weighted by Crippen LogP contribution is 2.65. The second-order valence-corrected chi connectivity index (χ2v) is 14.1.